The molecular formula is C15H21NO4. The molecule has 1 heterocycles. The maximum atomic E-state index is 12.0. The van der Waals surface area contributed by atoms with E-state index in [2.05, 4.69) is 12.2 Å². The maximum absolute atomic E-state index is 12.0. The van der Waals surface area contributed by atoms with Crippen molar-refractivity contribution in [3.8, 4) is 0 Å². The lowest BCUT2D eigenvalue weighted by molar-refractivity contribution is -0.151. The molecule has 0 saturated heterocycles. The van der Waals surface area contributed by atoms with Crippen LogP contribution in [0.15, 0.2) is 16.7 Å². The molecule has 20 heavy (non-hydrogen) atoms. The van der Waals surface area contributed by atoms with Gasteiger partial charge in [-0.1, -0.05) is 6.92 Å². The summed E-state index contributed by atoms with van der Waals surface area (Å²) in [6.07, 6.45) is 4.46. The van der Waals surface area contributed by atoms with Crippen LogP contribution in [0.25, 0.3) is 0 Å². The minimum Gasteiger partial charge on any atom is -0.481 e. The Balaban J connectivity index is 2.02. The number of nitrogens with one attached hydrogen (secondary N) is 1. The van der Waals surface area contributed by atoms with Crippen molar-refractivity contribution >= 4 is 11.9 Å². The Morgan fingerprint density at radius 2 is 2.10 bits per heavy atom. The van der Waals surface area contributed by atoms with E-state index in [-0.39, 0.29) is 18.2 Å². The number of carbonyl (C=O) groups is 2. The highest BCUT2D eigenvalue weighted by atomic mass is 16.4. The van der Waals surface area contributed by atoms with Crippen molar-refractivity contribution in [2.75, 3.05) is 6.54 Å². The smallest absolute Gasteiger partial charge is 0.311 e. The Morgan fingerprint density at radius 3 is 2.60 bits per heavy atom. The van der Waals surface area contributed by atoms with Crippen molar-refractivity contribution in [3.05, 3.63) is 23.7 Å². The van der Waals surface area contributed by atoms with E-state index >= 15 is 0 Å². The van der Waals surface area contributed by atoms with Crippen LogP contribution in [0, 0.1) is 18.3 Å². The lowest BCUT2D eigenvalue weighted by Gasteiger charge is -2.35. The molecule has 1 amide bonds. The number of carbonyl (C=O) groups excluding carboxylic acids is 1. The molecule has 0 aromatic carbocycles. The third-order valence-corrected chi connectivity index (χ3v) is 4.34. The van der Waals surface area contributed by atoms with Crippen molar-refractivity contribution < 1.29 is 19.1 Å². The Labute approximate surface area is 118 Å². The summed E-state index contributed by atoms with van der Waals surface area (Å²) in [4.78, 5) is 23.6. The lowest BCUT2D eigenvalue weighted by atomic mass is 9.71. The van der Waals surface area contributed by atoms with Gasteiger partial charge in [0.25, 0.3) is 5.91 Å². The van der Waals surface area contributed by atoms with E-state index in [0.29, 0.717) is 18.8 Å². The number of amides is 1. The van der Waals surface area contributed by atoms with Gasteiger partial charge in [0.2, 0.25) is 0 Å². The first-order valence-corrected chi connectivity index (χ1v) is 7.00. The van der Waals surface area contributed by atoms with Crippen LogP contribution in [0.5, 0.6) is 0 Å². The van der Waals surface area contributed by atoms with Crippen LogP contribution in [0.4, 0.5) is 0 Å². The van der Waals surface area contributed by atoms with E-state index < -0.39 is 11.4 Å². The number of hydrogen-bond acceptors (Lipinski definition) is 3. The van der Waals surface area contributed by atoms with Crippen LogP contribution in [-0.4, -0.2) is 23.5 Å². The fourth-order valence-electron chi connectivity index (χ4n) is 2.72. The summed E-state index contributed by atoms with van der Waals surface area (Å²) in [5.74, 6) is -0.340. The minimum absolute atomic E-state index is 0.161. The first-order valence-electron chi connectivity index (χ1n) is 7.00. The van der Waals surface area contributed by atoms with Gasteiger partial charge in [0.05, 0.1) is 11.7 Å². The summed E-state index contributed by atoms with van der Waals surface area (Å²) in [5.41, 5.74) is -0.0769. The molecule has 5 nitrogen and oxygen atoms in total. The van der Waals surface area contributed by atoms with E-state index in [0.717, 1.165) is 18.4 Å². The number of hydrogen-bond donors (Lipinski definition) is 2. The van der Waals surface area contributed by atoms with Crippen LogP contribution >= 0.6 is 0 Å². The minimum atomic E-state index is -0.831. The van der Waals surface area contributed by atoms with Gasteiger partial charge in [0, 0.05) is 12.1 Å². The number of carboxylic acid groups (broad SMARTS) is 1. The SMILES string of the molecule is Cc1ccoc1C(=O)NCC1(C(=O)O)CCC(C)CC1. The molecule has 0 radical (unpaired) electrons. The fourth-order valence-corrected chi connectivity index (χ4v) is 2.72. The van der Waals surface area contributed by atoms with Crippen LogP contribution in [0.2, 0.25) is 0 Å². The summed E-state index contributed by atoms with van der Waals surface area (Å²) < 4.78 is 5.12. The third-order valence-electron chi connectivity index (χ3n) is 4.34. The molecule has 1 aliphatic rings. The summed E-state index contributed by atoms with van der Waals surface area (Å²) in [6.45, 7) is 4.08. The van der Waals surface area contributed by atoms with E-state index in [1.54, 1.807) is 13.0 Å². The van der Waals surface area contributed by atoms with E-state index in [4.69, 9.17) is 4.42 Å². The quantitative estimate of drug-likeness (QED) is 0.887. The van der Waals surface area contributed by atoms with E-state index in [9.17, 15) is 14.7 Å². The van der Waals surface area contributed by atoms with Crippen LogP contribution < -0.4 is 5.32 Å². The zero-order valence-corrected chi connectivity index (χ0v) is 11.9. The molecule has 0 aliphatic heterocycles. The molecule has 2 rings (SSSR count). The average Bonchev–Trinajstić information content (AvgIpc) is 2.84. The number of aryl methyl sites for hydroxylation is 1. The van der Waals surface area contributed by atoms with Crippen molar-refractivity contribution in [2.45, 2.75) is 39.5 Å². The van der Waals surface area contributed by atoms with Gasteiger partial charge in [0.15, 0.2) is 5.76 Å². The molecule has 0 unspecified atom stereocenters. The second-order valence-corrected chi connectivity index (χ2v) is 5.88. The van der Waals surface area contributed by atoms with Gasteiger partial charge in [-0.2, -0.15) is 0 Å². The second kappa shape index (κ2) is 5.69. The van der Waals surface area contributed by atoms with Crippen LogP contribution in [0.1, 0.15) is 48.7 Å². The van der Waals surface area contributed by atoms with Crippen molar-refractivity contribution in [1.82, 2.24) is 5.32 Å². The summed E-state index contributed by atoms with van der Waals surface area (Å²) in [5, 5.41) is 12.2. The molecular weight excluding hydrogens is 258 g/mol. The van der Waals surface area contributed by atoms with Gasteiger partial charge < -0.3 is 14.8 Å². The van der Waals surface area contributed by atoms with E-state index in [1.165, 1.54) is 6.26 Å². The molecule has 1 aromatic rings. The highest BCUT2D eigenvalue weighted by molar-refractivity contribution is 5.93. The molecule has 0 atom stereocenters. The first kappa shape index (κ1) is 14.6. The van der Waals surface area contributed by atoms with Crippen molar-refractivity contribution in [2.24, 2.45) is 11.3 Å². The van der Waals surface area contributed by atoms with Crippen molar-refractivity contribution in [1.29, 1.82) is 0 Å². The molecule has 1 saturated carbocycles. The van der Waals surface area contributed by atoms with Gasteiger partial charge in [0.1, 0.15) is 0 Å². The van der Waals surface area contributed by atoms with Gasteiger partial charge in [-0.3, -0.25) is 9.59 Å². The van der Waals surface area contributed by atoms with E-state index in [1.807, 2.05) is 0 Å². The average molecular weight is 279 g/mol. The molecule has 2 N–H and O–H groups in total. The predicted octanol–water partition coefficient (Wildman–Crippen LogP) is 2.60. The molecule has 0 bridgehead atoms. The summed E-state index contributed by atoms with van der Waals surface area (Å²) in [6, 6.07) is 1.71. The standard InChI is InChI=1S/C15H21NO4/c1-10-3-6-15(7-4-10,14(18)19)9-16-13(17)12-11(2)5-8-20-12/h5,8,10H,3-4,6-7,9H2,1-2H3,(H,16,17)(H,18,19). The van der Waals surface area contributed by atoms with Gasteiger partial charge in [-0.15, -0.1) is 0 Å². The number of furan rings is 1. The molecule has 110 valence electrons. The largest absolute Gasteiger partial charge is 0.481 e. The lowest BCUT2D eigenvalue weighted by Crippen LogP contribution is -2.45. The van der Waals surface area contributed by atoms with Gasteiger partial charge >= 0.3 is 5.97 Å². The molecule has 1 aromatic heterocycles. The topological polar surface area (TPSA) is 79.5 Å². The Hall–Kier alpha value is -1.78. The van der Waals surface area contributed by atoms with Gasteiger partial charge in [-0.25, -0.2) is 0 Å². The molecule has 1 aliphatic carbocycles. The molecule has 5 heteroatoms. The normalized spacial score (nSPS) is 26.2. The molecule has 0 spiro atoms. The third kappa shape index (κ3) is 2.86. The zero-order chi connectivity index (χ0) is 14.8. The Morgan fingerprint density at radius 1 is 1.45 bits per heavy atom. The maximum Gasteiger partial charge on any atom is 0.311 e. The highest BCUT2D eigenvalue weighted by Crippen LogP contribution is 2.38. The fraction of sp³-hybridized carbons (Fsp3) is 0.600. The second-order valence-electron chi connectivity index (χ2n) is 5.88. The predicted molar refractivity (Wildman–Crippen MR) is 73.5 cm³/mol. The monoisotopic (exact) mass is 279 g/mol. The number of carboxylic acids is 1. The summed E-state index contributed by atoms with van der Waals surface area (Å²) in [7, 11) is 0. The van der Waals surface area contributed by atoms with Crippen molar-refractivity contribution in [3.63, 3.8) is 0 Å². The van der Waals surface area contributed by atoms with Gasteiger partial charge in [-0.05, 0) is 44.6 Å². The summed E-state index contributed by atoms with van der Waals surface area (Å²) >= 11 is 0. The van der Waals surface area contributed by atoms with Crippen LogP contribution in [0.3, 0.4) is 0 Å². The molecule has 1 fully saturated rings. The zero-order valence-electron chi connectivity index (χ0n) is 11.9. The number of aliphatic carboxylic acids is 1. The van der Waals surface area contributed by atoms with Crippen LogP contribution in [-0.2, 0) is 4.79 Å². The number of rotatable bonds is 4. The Kier molecular flexibility index (Phi) is 4.16. The first-order chi connectivity index (χ1) is 9.44. The Bertz CT molecular complexity index is 498. The highest BCUT2D eigenvalue weighted by Gasteiger charge is 2.41.